The van der Waals surface area contributed by atoms with Gasteiger partial charge in [-0.3, -0.25) is 4.79 Å². The van der Waals surface area contributed by atoms with Crippen LogP contribution in [-0.2, 0) is 0 Å². The number of nitrogens with two attached hydrogens (primary N) is 1. The minimum Gasteiger partial charge on any atom is -0.399 e. The molecule has 0 aliphatic carbocycles. The molecule has 1 aliphatic rings. The lowest BCUT2D eigenvalue weighted by Crippen LogP contribution is -2.31. The van der Waals surface area contributed by atoms with Gasteiger partial charge in [0.1, 0.15) is 0 Å². The van der Waals surface area contributed by atoms with Crippen molar-refractivity contribution in [3.63, 3.8) is 0 Å². The third-order valence-corrected chi connectivity index (χ3v) is 5.09. The van der Waals surface area contributed by atoms with Crippen molar-refractivity contribution in [1.29, 1.82) is 0 Å². The fourth-order valence-corrected chi connectivity index (χ4v) is 3.52. The summed E-state index contributed by atoms with van der Waals surface area (Å²) >= 11 is 6.14. The third-order valence-electron chi connectivity index (χ3n) is 4.86. The largest absolute Gasteiger partial charge is 0.399 e. The average molecular weight is 358 g/mol. The Morgan fingerprint density at radius 1 is 1.24 bits per heavy atom. The number of carbonyl (C=O) groups is 1. The van der Waals surface area contributed by atoms with Crippen LogP contribution in [-0.4, -0.2) is 25.5 Å². The fourth-order valence-electron chi connectivity index (χ4n) is 3.36. The summed E-state index contributed by atoms with van der Waals surface area (Å²) in [4.78, 5) is 14.8. The molecule has 3 rings (SSSR count). The molecular formula is C20H24ClN3O. The smallest absolute Gasteiger partial charge is 0.251 e. The number of nitrogen functional groups attached to an aromatic ring is 1. The van der Waals surface area contributed by atoms with Crippen LogP contribution in [0.2, 0.25) is 5.02 Å². The Balaban J connectivity index is 1.59. The normalized spacial score (nSPS) is 16.9. The maximum atomic E-state index is 12.4. The summed E-state index contributed by atoms with van der Waals surface area (Å²) in [5.41, 5.74) is 10.4. The number of hydrogen-bond donors (Lipinski definition) is 2. The highest BCUT2D eigenvalue weighted by atomic mass is 35.5. The van der Waals surface area contributed by atoms with E-state index in [1.165, 1.54) is 11.3 Å². The van der Waals surface area contributed by atoms with Gasteiger partial charge in [0.15, 0.2) is 0 Å². The van der Waals surface area contributed by atoms with Crippen molar-refractivity contribution in [3.8, 4) is 0 Å². The van der Waals surface area contributed by atoms with E-state index in [0.29, 0.717) is 23.7 Å². The van der Waals surface area contributed by atoms with E-state index in [0.717, 1.165) is 30.1 Å². The summed E-state index contributed by atoms with van der Waals surface area (Å²) in [5.74, 6) is 0.380. The summed E-state index contributed by atoms with van der Waals surface area (Å²) < 4.78 is 0. The van der Waals surface area contributed by atoms with Gasteiger partial charge in [-0.05, 0) is 61.6 Å². The van der Waals surface area contributed by atoms with Gasteiger partial charge in [-0.2, -0.15) is 0 Å². The molecule has 3 N–H and O–H groups in total. The predicted octanol–water partition coefficient (Wildman–Crippen LogP) is 3.80. The van der Waals surface area contributed by atoms with Gasteiger partial charge in [0, 0.05) is 41.6 Å². The average Bonchev–Trinajstić information content (AvgIpc) is 3.06. The first-order chi connectivity index (χ1) is 11.9. The summed E-state index contributed by atoms with van der Waals surface area (Å²) in [6.07, 6.45) is 1.06. The number of anilines is 2. The summed E-state index contributed by atoms with van der Waals surface area (Å²) in [6.45, 7) is 6.61. The number of rotatable bonds is 4. The highest BCUT2D eigenvalue weighted by Gasteiger charge is 2.24. The quantitative estimate of drug-likeness (QED) is 0.818. The Bertz CT molecular complexity index is 791. The van der Waals surface area contributed by atoms with Gasteiger partial charge < -0.3 is 16.0 Å². The highest BCUT2D eigenvalue weighted by Crippen LogP contribution is 2.29. The second-order valence-electron chi connectivity index (χ2n) is 6.82. The molecule has 1 fully saturated rings. The molecule has 1 aliphatic heterocycles. The first-order valence-electron chi connectivity index (χ1n) is 8.59. The van der Waals surface area contributed by atoms with Crippen LogP contribution in [0.4, 0.5) is 11.4 Å². The van der Waals surface area contributed by atoms with Gasteiger partial charge in [0.2, 0.25) is 0 Å². The minimum atomic E-state index is -0.0535. The molecule has 0 bridgehead atoms. The Labute approximate surface area is 154 Å². The van der Waals surface area contributed by atoms with Gasteiger partial charge in [-0.25, -0.2) is 0 Å². The molecule has 2 aromatic carbocycles. The molecule has 1 atom stereocenters. The first-order valence-corrected chi connectivity index (χ1v) is 8.97. The van der Waals surface area contributed by atoms with Crippen LogP contribution < -0.4 is 16.0 Å². The van der Waals surface area contributed by atoms with Gasteiger partial charge in [-0.15, -0.1) is 0 Å². The van der Waals surface area contributed by atoms with E-state index in [1.807, 2.05) is 31.2 Å². The van der Waals surface area contributed by atoms with Crippen molar-refractivity contribution in [2.45, 2.75) is 20.3 Å². The third kappa shape index (κ3) is 4.07. The van der Waals surface area contributed by atoms with Gasteiger partial charge in [0.25, 0.3) is 5.91 Å². The molecule has 1 amide bonds. The van der Waals surface area contributed by atoms with Crippen molar-refractivity contribution in [3.05, 3.63) is 58.1 Å². The molecule has 0 saturated carbocycles. The van der Waals surface area contributed by atoms with E-state index in [1.54, 1.807) is 6.07 Å². The van der Waals surface area contributed by atoms with Crippen molar-refractivity contribution < 1.29 is 4.79 Å². The van der Waals surface area contributed by atoms with Crippen LogP contribution >= 0.6 is 11.6 Å². The maximum absolute atomic E-state index is 12.4. The van der Waals surface area contributed by atoms with E-state index in [9.17, 15) is 4.79 Å². The Morgan fingerprint density at radius 2 is 2.00 bits per heavy atom. The number of nitrogens with one attached hydrogen (secondary N) is 1. The molecule has 0 spiro atoms. The predicted molar refractivity (Wildman–Crippen MR) is 104 cm³/mol. The van der Waals surface area contributed by atoms with Gasteiger partial charge >= 0.3 is 0 Å². The van der Waals surface area contributed by atoms with Crippen LogP contribution in [0.15, 0.2) is 36.4 Å². The molecule has 2 aromatic rings. The summed E-state index contributed by atoms with van der Waals surface area (Å²) in [6, 6.07) is 11.4. The van der Waals surface area contributed by atoms with E-state index in [4.69, 9.17) is 17.3 Å². The van der Waals surface area contributed by atoms with Crippen LogP contribution in [0.25, 0.3) is 0 Å². The first kappa shape index (κ1) is 17.6. The Hall–Kier alpha value is -2.20. The van der Waals surface area contributed by atoms with E-state index < -0.39 is 0 Å². The zero-order valence-corrected chi connectivity index (χ0v) is 15.4. The number of carbonyl (C=O) groups excluding carboxylic acids is 1. The zero-order chi connectivity index (χ0) is 18.0. The van der Waals surface area contributed by atoms with Crippen LogP contribution in [0, 0.1) is 19.8 Å². The summed E-state index contributed by atoms with van der Waals surface area (Å²) in [7, 11) is 0. The lowest BCUT2D eigenvalue weighted by Gasteiger charge is -2.21. The fraction of sp³-hybridized carbons (Fsp3) is 0.350. The van der Waals surface area contributed by atoms with Crippen LogP contribution in [0.3, 0.4) is 0 Å². The number of aryl methyl sites for hydroxylation is 2. The highest BCUT2D eigenvalue weighted by molar-refractivity contribution is 6.30. The molecule has 4 nitrogen and oxygen atoms in total. The van der Waals surface area contributed by atoms with E-state index in [-0.39, 0.29) is 5.91 Å². The SMILES string of the molecule is Cc1ccc(N)cc1C(=O)NCC1CCN(c2cc(Cl)ccc2C)C1. The van der Waals surface area contributed by atoms with Crippen molar-refractivity contribution in [2.75, 3.05) is 30.3 Å². The molecular weight excluding hydrogens is 334 g/mol. The van der Waals surface area contributed by atoms with Crippen LogP contribution in [0.5, 0.6) is 0 Å². The number of benzene rings is 2. The number of amides is 1. The zero-order valence-electron chi connectivity index (χ0n) is 14.7. The Kier molecular flexibility index (Phi) is 5.19. The lowest BCUT2D eigenvalue weighted by atomic mass is 10.1. The molecule has 5 heteroatoms. The van der Waals surface area contributed by atoms with Crippen molar-refractivity contribution in [2.24, 2.45) is 5.92 Å². The molecule has 1 saturated heterocycles. The molecule has 0 aromatic heterocycles. The summed E-state index contributed by atoms with van der Waals surface area (Å²) in [5, 5.41) is 3.82. The lowest BCUT2D eigenvalue weighted by molar-refractivity contribution is 0.0947. The second-order valence-corrected chi connectivity index (χ2v) is 7.25. The van der Waals surface area contributed by atoms with Crippen LogP contribution in [0.1, 0.15) is 27.9 Å². The number of nitrogens with zero attached hydrogens (tertiary/aromatic N) is 1. The number of hydrogen-bond acceptors (Lipinski definition) is 3. The Morgan fingerprint density at radius 3 is 2.80 bits per heavy atom. The molecule has 0 radical (unpaired) electrons. The molecule has 132 valence electrons. The minimum absolute atomic E-state index is 0.0535. The maximum Gasteiger partial charge on any atom is 0.251 e. The molecule has 25 heavy (non-hydrogen) atoms. The topological polar surface area (TPSA) is 58.4 Å². The molecule has 1 heterocycles. The number of halogens is 1. The standard InChI is InChI=1S/C20H24ClN3O/c1-13-4-6-17(22)10-18(13)20(25)23-11-15-7-8-24(12-15)19-9-16(21)5-3-14(19)2/h3-6,9-10,15H,7-8,11-12,22H2,1-2H3,(H,23,25). The van der Waals surface area contributed by atoms with E-state index >= 15 is 0 Å². The van der Waals surface area contributed by atoms with Crippen molar-refractivity contribution in [1.82, 2.24) is 5.32 Å². The van der Waals surface area contributed by atoms with Crippen molar-refractivity contribution >= 4 is 28.9 Å². The second kappa shape index (κ2) is 7.36. The van der Waals surface area contributed by atoms with E-state index in [2.05, 4.69) is 23.2 Å². The van der Waals surface area contributed by atoms with Gasteiger partial charge in [0.05, 0.1) is 0 Å². The van der Waals surface area contributed by atoms with Gasteiger partial charge in [-0.1, -0.05) is 23.7 Å². The molecule has 1 unspecified atom stereocenters. The monoisotopic (exact) mass is 357 g/mol.